The van der Waals surface area contributed by atoms with Gasteiger partial charge in [0.05, 0.1) is 0 Å². The molecule has 1 aromatic carbocycles. The van der Waals surface area contributed by atoms with Crippen molar-refractivity contribution in [2.45, 2.75) is 38.1 Å². The van der Waals surface area contributed by atoms with E-state index in [1.165, 1.54) is 11.1 Å². The zero-order chi connectivity index (χ0) is 13.9. The second kappa shape index (κ2) is 5.96. The summed E-state index contributed by atoms with van der Waals surface area (Å²) in [6.07, 6.45) is 5.30. The fourth-order valence-corrected chi connectivity index (χ4v) is 3.72. The van der Waals surface area contributed by atoms with Crippen molar-refractivity contribution < 1.29 is 4.79 Å². The van der Waals surface area contributed by atoms with Gasteiger partial charge >= 0.3 is 0 Å². The molecule has 1 heterocycles. The molecule has 1 amide bonds. The second-order valence-corrected chi connectivity index (χ2v) is 6.09. The van der Waals surface area contributed by atoms with Crippen LogP contribution in [0.2, 0.25) is 0 Å². The average molecular weight is 272 g/mol. The molecule has 1 aromatic rings. The van der Waals surface area contributed by atoms with E-state index in [4.69, 9.17) is 0 Å². The molecule has 0 aromatic heterocycles. The maximum atomic E-state index is 12.8. The van der Waals surface area contributed by atoms with E-state index in [-0.39, 0.29) is 5.92 Å². The summed E-state index contributed by atoms with van der Waals surface area (Å²) in [5.41, 5.74) is 2.81. The van der Waals surface area contributed by atoms with Crippen molar-refractivity contribution in [3.63, 3.8) is 0 Å². The van der Waals surface area contributed by atoms with Gasteiger partial charge < -0.3 is 10.2 Å². The van der Waals surface area contributed by atoms with Crippen LogP contribution in [-0.4, -0.2) is 37.0 Å². The number of hydrogen-bond acceptors (Lipinski definition) is 2. The third kappa shape index (κ3) is 2.59. The van der Waals surface area contributed by atoms with Gasteiger partial charge in [-0.2, -0.15) is 0 Å². The fraction of sp³-hybridized carbons (Fsp3) is 0.588. The molecule has 0 radical (unpaired) electrons. The molecule has 2 aliphatic rings. The van der Waals surface area contributed by atoms with Crippen molar-refractivity contribution in [2.24, 2.45) is 5.92 Å². The number of benzene rings is 1. The Hall–Kier alpha value is -1.35. The molecular formula is C17H24N2O. The van der Waals surface area contributed by atoms with Gasteiger partial charge in [0.15, 0.2) is 0 Å². The smallest absolute Gasteiger partial charge is 0.226 e. The first-order chi connectivity index (χ1) is 9.79. The van der Waals surface area contributed by atoms with Crippen molar-refractivity contribution in [1.29, 1.82) is 0 Å². The molecule has 3 nitrogen and oxygen atoms in total. The highest BCUT2D eigenvalue weighted by Crippen LogP contribution is 2.29. The molecule has 1 aliphatic heterocycles. The number of fused-ring (bicyclic) bond motifs is 1. The zero-order valence-corrected chi connectivity index (χ0v) is 12.3. The van der Waals surface area contributed by atoms with Gasteiger partial charge in [-0.25, -0.2) is 0 Å². The molecule has 1 N–H and O–H groups in total. The maximum Gasteiger partial charge on any atom is 0.226 e. The monoisotopic (exact) mass is 272 g/mol. The molecule has 20 heavy (non-hydrogen) atoms. The predicted octanol–water partition coefficient (Wildman–Crippen LogP) is 2.00. The van der Waals surface area contributed by atoms with Gasteiger partial charge in [0.2, 0.25) is 5.91 Å². The first-order valence-corrected chi connectivity index (χ1v) is 7.81. The van der Waals surface area contributed by atoms with Gasteiger partial charge in [0.1, 0.15) is 0 Å². The number of aryl methyl sites for hydroxylation is 1. The first-order valence-electron chi connectivity index (χ1n) is 7.81. The number of hydrogen-bond donors (Lipinski definition) is 1. The molecule has 2 atom stereocenters. The Labute approximate surface area is 121 Å². The lowest BCUT2D eigenvalue weighted by Crippen LogP contribution is -2.44. The summed E-state index contributed by atoms with van der Waals surface area (Å²) >= 11 is 0. The third-order valence-electron chi connectivity index (χ3n) is 4.80. The van der Waals surface area contributed by atoms with Crippen LogP contribution in [0.3, 0.4) is 0 Å². The van der Waals surface area contributed by atoms with Crippen LogP contribution in [0.15, 0.2) is 24.3 Å². The molecule has 1 aliphatic carbocycles. The van der Waals surface area contributed by atoms with Crippen LogP contribution in [0.4, 0.5) is 0 Å². The summed E-state index contributed by atoms with van der Waals surface area (Å²) in [6.45, 7) is 1.87. The third-order valence-corrected chi connectivity index (χ3v) is 4.80. The molecule has 0 saturated carbocycles. The Morgan fingerprint density at radius 3 is 2.90 bits per heavy atom. The summed E-state index contributed by atoms with van der Waals surface area (Å²) in [4.78, 5) is 14.9. The van der Waals surface area contributed by atoms with Crippen molar-refractivity contribution in [3.8, 4) is 0 Å². The van der Waals surface area contributed by atoms with E-state index in [9.17, 15) is 4.79 Å². The lowest BCUT2D eigenvalue weighted by atomic mass is 9.83. The number of carbonyl (C=O) groups excluding carboxylic acids is 1. The molecule has 3 rings (SSSR count). The minimum atomic E-state index is 0.197. The van der Waals surface area contributed by atoms with Crippen molar-refractivity contribution >= 4 is 5.91 Å². The van der Waals surface area contributed by atoms with Crippen LogP contribution < -0.4 is 5.32 Å². The Bertz CT molecular complexity index is 486. The number of likely N-dealkylation sites (N-methyl/N-ethyl adjacent to an activating group) is 1. The van der Waals surface area contributed by atoms with Crippen LogP contribution in [0.25, 0.3) is 0 Å². The van der Waals surface area contributed by atoms with Gasteiger partial charge in [-0.05, 0) is 50.3 Å². The Morgan fingerprint density at radius 2 is 2.10 bits per heavy atom. The molecule has 3 heteroatoms. The first kappa shape index (κ1) is 13.6. The van der Waals surface area contributed by atoms with E-state index in [0.29, 0.717) is 11.9 Å². The Balaban J connectivity index is 1.69. The molecule has 0 spiro atoms. The minimum absolute atomic E-state index is 0.197. The van der Waals surface area contributed by atoms with Crippen LogP contribution in [0, 0.1) is 5.92 Å². The number of likely N-dealkylation sites (tertiary alicyclic amines) is 1. The van der Waals surface area contributed by atoms with E-state index < -0.39 is 0 Å². The molecule has 1 saturated heterocycles. The SMILES string of the molecule is CNCC1CCCN1C(=O)C1CCc2ccccc2C1. The van der Waals surface area contributed by atoms with Crippen LogP contribution in [0.5, 0.6) is 0 Å². The zero-order valence-electron chi connectivity index (χ0n) is 12.3. The highest BCUT2D eigenvalue weighted by atomic mass is 16.2. The van der Waals surface area contributed by atoms with Gasteiger partial charge in [-0.15, -0.1) is 0 Å². The summed E-state index contributed by atoms with van der Waals surface area (Å²) < 4.78 is 0. The average Bonchev–Trinajstić information content (AvgIpc) is 2.94. The van der Waals surface area contributed by atoms with Gasteiger partial charge in [-0.1, -0.05) is 24.3 Å². The quantitative estimate of drug-likeness (QED) is 0.913. The number of amides is 1. The summed E-state index contributed by atoms with van der Waals surface area (Å²) in [7, 11) is 1.97. The van der Waals surface area contributed by atoms with E-state index in [1.807, 2.05) is 7.05 Å². The topological polar surface area (TPSA) is 32.3 Å². The highest BCUT2D eigenvalue weighted by Gasteiger charge is 2.34. The van der Waals surface area contributed by atoms with Crippen LogP contribution >= 0.6 is 0 Å². The summed E-state index contributed by atoms with van der Waals surface area (Å²) in [5, 5.41) is 3.22. The molecule has 0 bridgehead atoms. The normalized spacial score (nSPS) is 25.6. The summed E-state index contributed by atoms with van der Waals surface area (Å²) in [5.74, 6) is 0.583. The van der Waals surface area contributed by atoms with Crippen molar-refractivity contribution in [1.82, 2.24) is 10.2 Å². The predicted molar refractivity (Wildman–Crippen MR) is 80.6 cm³/mol. The number of carbonyl (C=O) groups is 1. The van der Waals surface area contributed by atoms with Crippen LogP contribution in [0.1, 0.15) is 30.4 Å². The van der Waals surface area contributed by atoms with Gasteiger partial charge in [0, 0.05) is 25.0 Å². The largest absolute Gasteiger partial charge is 0.338 e. The van der Waals surface area contributed by atoms with E-state index in [2.05, 4.69) is 34.5 Å². The Morgan fingerprint density at radius 1 is 1.30 bits per heavy atom. The fourth-order valence-electron chi connectivity index (χ4n) is 3.72. The van der Waals surface area contributed by atoms with Crippen molar-refractivity contribution in [2.75, 3.05) is 20.1 Å². The van der Waals surface area contributed by atoms with E-state index in [0.717, 1.165) is 45.2 Å². The van der Waals surface area contributed by atoms with E-state index >= 15 is 0 Å². The number of rotatable bonds is 3. The molecule has 1 fully saturated rings. The highest BCUT2D eigenvalue weighted by molar-refractivity contribution is 5.80. The second-order valence-electron chi connectivity index (χ2n) is 6.09. The maximum absolute atomic E-state index is 12.8. The molecule has 2 unspecified atom stereocenters. The van der Waals surface area contributed by atoms with Crippen molar-refractivity contribution in [3.05, 3.63) is 35.4 Å². The Kier molecular flexibility index (Phi) is 4.06. The standard InChI is InChI=1S/C17H24N2O/c1-18-12-16-7-4-10-19(16)17(20)15-9-8-13-5-2-3-6-14(13)11-15/h2-3,5-6,15-16,18H,4,7-12H2,1H3. The summed E-state index contributed by atoms with van der Waals surface area (Å²) in [6, 6.07) is 8.99. The van der Waals surface area contributed by atoms with E-state index in [1.54, 1.807) is 0 Å². The number of nitrogens with zero attached hydrogens (tertiary/aromatic N) is 1. The number of nitrogens with one attached hydrogen (secondary N) is 1. The van der Waals surface area contributed by atoms with Gasteiger partial charge in [-0.3, -0.25) is 4.79 Å². The minimum Gasteiger partial charge on any atom is -0.338 e. The molecular weight excluding hydrogens is 248 g/mol. The lowest BCUT2D eigenvalue weighted by molar-refractivity contribution is -0.136. The van der Waals surface area contributed by atoms with Gasteiger partial charge in [0.25, 0.3) is 0 Å². The molecule has 108 valence electrons. The van der Waals surface area contributed by atoms with Crippen LogP contribution in [-0.2, 0) is 17.6 Å². The lowest BCUT2D eigenvalue weighted by Gasteiger charge is -2.31.